The molecule has 3 rings (SSSR count). The van der Waals surface area contributed by atoms with Crippen LogP contribution in [0.1, 0.15) is 43.7 Å². The van der Waals surface area contributed by atoms with Crippen LogP contribution >= 0.6 is 12.4 Å². The summed E-state index contributed by atoms with van der Waals surface area (Å²) in [5, 5.41) is 6.78. The highest BCUT2D eigenvalue weighted by molar-refractivity contribution is 5.88. The highest BCUT2D eigenvalue weighted by Gasteiger charge is 2.42. The second kappa shape index (κ2) is 8.32. The number of hydrogen-bond acceptors (Lipinski definition) is 3. The Kier molecular flexibility index (Phi) is 6.67. The zero-order chi connectivity index (χ0) is 16.3. The van der Waals surface area contributed by atoms with Gasteiger partial charge in [0.1, 0.15) is 0 Å². The molecule has 4 nitrogen and oxygen atoms in total. The molecule has 5 heteroatoms. The molecule has 0 aromatic heterocycles. The van der Waals surface area contributed by atoms with Gasteiger partial charge in [0.05, 0.1) is 5.41 Å². The van der Waals surface area contributed by atoms with Crippen LogP contribution in [0.2, 0.25) is 0 Å². The number of hydrogen-bond donors (Lipinski definition) is 2. The fourth-order valence-electron chi connectivity index (χ4n) is 3.83. The van der Waals surface area contributed by atoms with E-state index < -0.39 is 5.41 Å². The van der Waals surface area contributed by atoms with Crippen molar-refractivity contribution >= 4 is 18.3 Å². The van der Waals surface area contributed by atoms with Gasteiger partial charge in [0.15, 0.2) is 0 Å². The number of aryl methyl sites for hydroxylation is 1. The van der Waals surface area contributed by atoms with Gasteiger partial charge in [-0.25, -0.2) is 0 Å². The number of rotatable bonds is 3. The van der Waals surface area contributed by atoms with Crippen LogP contribution in [0.15, 0.2) is 24.3 Å². The average molecular weight is 353 g/mol. The van der Waals surface area contributed by atoms with E-state index in [9.17, 15) is 4.79 Å². The normalized spacial score (nSPS) is 26.2. The Bertz CT molecular complexity index is 541. The highest BCUT2D eigenvalue weighted by atomic mass is 35.5. The van der Waals surface area contributed by atoms with Crippen LogP contribution < -0.4 is 10.6 Å². The molecule has 2 aliphatic heterocycles. The van der Waals surface area contributed by atoms with Crippen LogP contribution in [0.3, 0.4) is 0 Å². The highest BCUT2D eigenvalue weighted by Crippen LogP contribution is 2.35. The lowest BCUT2D eigenvalue weighted by Crippen LogP contribution is -2.54. The SMILES string of the molecule is Cc1ccc(C2(C(=O)NC3CCNC(C)C3)CCOCC2)cc1.Cl. The van der Waals surface area contributed by atoms with E-state index in [1.54, 1.807) is 0 Å². The molecule has 2 unspecified atom stereocenters. The zero-order valence-corrected chi connectivity index (χ0v) is 15.5. The number of ether oxygens (including phenoxy) is 1. The summed E-state index contributed by atoms with van der Waals surface area (Å²) in [5.74, 6) is 0.184. The second-order valence-electron chi connectivity index (χ2n) is 7.11. The smallest absolute Gasteiger partial charge is 0.231 e. The predicted octanol–water partition coefficient (Wildman–Crippen LogP) is 2.72. The quantitative estimate of drug-likeness (QED) is 0.879. The molecule has 2 aliphatic rings. The number of halogens is 1. The Hall–Kier alpha value is -1.10. The van der Waals surface area contributed by atoms with Crippen molar-refractivity contribution in [1.82, 2.24) is 10.6 Å². The molecular weight excluding hydrogens is 324 g/mol. The molecule has 2 saturated heterocycles. The number of amides is 1. The summed E-state index contributed by atoms with van der Waals surface area (Å²) in [6.45, 7) is 6.56. The van der Waals surface area contributed by atoms with Gasteiger partial charge in [-0.1, -0.05) is 29.8 Å². The lowest BCUT2D eigenvalue weighted by molar-refractivity contribution is -0.131. The molecule has 134 valence electrons. The molecular formula is C19H29ClN2O2. The standard InChI is InChI=1S/C19H28N2O2.ClH/c1-14-3-5-16(6-4-14)19(8-11-23-12-9-19)18(22)21-17-7-10-20-15(2)13-17;/h3-6,15,17,20H,7-13H2,1-2H3,(H,21,22);1H. The first-order valence-corrected chi connectivity index (χ1v) is 8.79. The Balaban J connectivity index is 0.00000208. The third-order valence-corrected chi connectivity index (χ3v) is 5.34. The fourth-order valence-corrected chi connectivity index (χ4v) is 3.83. The molecule has 2 heterocycles. The lowest BCUT2D eigenvalue weighted by Gasteiger charge is -2.38. The molecule has 0 spiro atoms. The predicted molar refractivity (Wildman–Crippen MR) is 98.8 cm³/mol. The number of carbonyl (C=O) groups is 1. The third kappa shape index (κ3) is 4.11. The van der Waals surface area contributed by atoms with E-state index in [4.69, 9.17) is 4.74 Å². The van der Waals surface area contributed by atoms with Crippen LogP contribution in [0, 0.1) is 6.92 Å². The molecule has 1 aromatic carbocycles. The Morgan fingerprint density at radius 2 is 1.92 bits per heavy atom. The molecule has 2 N–H and O–H groups in total. The van der Waals surface area contributed by atoms with Gasteiger partial charge in [-0.15, -0.1) is 12.4 Å². The van der Waals surface area contributed by atoms with Crippen molar-refractivity contribution in [2.45, 2.75) is 57.0 Å². The topological polar surface area (TPSA) is 50.4 Å². The first kappa shape index (κ1) is 19.2. The summed E-state index contributed by atoms with van der Waals surface area (Å²) in [6.07, 6.45) is 3.55. The summed E-state index contributed by atoms with van der Waals surface area (Å²) < 4.78 is 5.54. The molecule has 24 heavy (non-hydrogen) atoms. The molecule has 1 aromatic rings. The van der Waals surface area contributed by atoms with Gasteiger partial charge in [0.25, 0.3) is 0 Å². The summed E-state index contributed by atoms with van der Waals surface area (Å²) in [5.41, 5.74) is 1.93. The van der Waals surface area contributed by atoms with Crippen LogP contribution in [-0.4, -0.2) is 37.7 Å². The maximum Gasteiger partial charge on any atom is 0.231 e. The van der Waals surface area contributed by atoms with E-state index in [0.29, 0.717) is 19.3 Å². The van der Waals surface area contributed by atoms with Crippen LogP contribution in [0.5, 0.6) is 0 Å². The van der Waals surface area contributed by atoms with Crippen molar-refractivity contribution in [2.24, 2.45) is 0 Å². The first-order chi connectivity index (χ1) is 11.1. The minimum atomic E-state index is -0.430. The molecule has 0 aliphatic carbocycles. The Morgan fingerprint density at radius 1 is 1.25 bits per heavy atom. The van der Waals surface area contributed by atoms with Gasteiger partial charge in [0, 0.05) is 25.3 Å². The van der Waals surface area contributed by atoms with Crippen molar-refractivity contribution in [2.75, 3.05) is 19.8 Å². The van der Waals surface area contributed by atoms with Crippen molar-refractivity contribution < 1.29 is 9.53 Å². The van der Waals surface area contributed by atoms with E-state index in [0.717, 1.165) is 37.8 Å². The van der Waals surface area contributed by atoms with Gasteiger partial charge in [-0.2, -0.15) is 0 Å². The van der Waals surface area contributed by atoms with Gasteiger partial charge in [-0.05, 0) is 51.6 Å². The summed E-state index contributed by atoms with van der Waals surface area (Å²) >= 11 is 0. The molecule has 2 fully saturated rings. The molecule has 2 atom stereocenters. The third-order valence-electron chi connectivity index (χ3n) is 5.34. The summed E-state index contributed by atoms with van der Waals surface area (Å²) in [7, 11) is 0. The average Bonchev–Trinajstić information content (AvgIpc) is 2.56. The monoisotopic (exact) mass is 352 g/mol. The first-order valence-electron chi connectivity index (χ1n) is 8.79. The minimum Gasteiger partial charge on any atom is -0.381 e. The lowest BCUT2D eigenvalue weighted by atomic mass is 9.73. The van der Waals surface area contributed by atoms with Crippen molar-refractivity contribution in [1.29, 1.82) is 0 Å². The van der Waals surface area contributed by atoms with E-state index in [1.807, 2.05) is 0 Å². The van der Waals surface area contributed by atoms with Gasteiger partial charge < -0.3 is 15.4 Å². The van der Waals surface area contributed by atoms with Crippen molar-refractivity contribution in [3.8, 4) is 0 Å². The van der Waals surface area contributed by atoms with Gasteiger partial charge >= 0.3 is 0 Å². The van der Waals surface area contributed by atoms with Crippen LogP contribution in [-0.2, 0) is 14.9 Å². The number of nitrogens with one attached hydrogen (secondary N) is 2. The van der Waals surface area contributed by atoms with E-state index >= 15 is 0 Å². The molecule has 0 radical (unpaired) electrons. The Morgan fingerprint density at radius 3 is 2.54 bits per heavy atom. The van der Waals surface area contributed by atoms with Crippen LogP contribution in [0.25, 0.3) is 0 Å². The Labute approximate surface area is 151 Å². The maximum atomic E-state index is 13.2. The van der Waals surface area contributed by atoms with Crippen molar-refractivity contribution in [3.63, 3.8) is 0 Å². The fraction of sp³-hybridized carbons (Fsp3) is 0.632. The van der Waals surface area contributed by atoms with E-state index in [1.165, 1.54) is 5.56 Å². The summed E-state index contributed by atoms with van der Waals surface area (Å²) in [6, 6.07) is 9.19. The summed E-state index contributed by atoms with van der Waals surface area (Å²) in [4.78, 5) is 13.2. The number of benzene rings is 1. The molecule has 0 bridgehead atoms. The molecule has 0 saturated carbocycles. The van der Waals surface area contributed by atoms with E-state index in [2.05, 4.69) is 48.7 Å². The maximum absolute atomic E-state index is 13.2. The second-order valence-corrected chi connectivity index (χ2v) is 7.11. The number of piperidine rings is 1. The largest absolute Gasteiger partial charge is 0.381 e. The minimum absolute atomic E-state index is 0. The van der Waals surface area contributed by atoms with Gasteiger partial charge in [-0.3, -0.25) is 4.79 Å². The van der Waals surface area contributed by atoms with Crippen molar-refractivity contribution in [3.05, 3.63) is 35.4 Å². The zero-order valence-electron chi connectivity index (χ0n) is 14.6. The molecule has 1 amide bonds. The van der Waals surface area contributed by atoms with Crippen LogP contribution in [0.4, 0.5) is 0 Å². The van der Waals surface area contributed by atoms with Gasteiger partial charge in [0.2, 0.25) is 5.91 Å². The number of carbonyl (C=O) groups excluding carboxylic acids is 1. The van der Waals surface area contributed by atoms with E-state index in [-0.39, 0.29) is 24.4 Å².